The van der Waals surface area contributed by atoms with Gasteiger partial charge in [-0.05, 0) is 29.7 Å². The van der Waals surface area contributed by atoms with Crippen molar-refractivity contribution in [3.05, 3.63) is 0 Å². The van der Waals surface area contributed by atoms with Crippen LogP contribution in [0.15, 0.2) is 0 Å². The zero-order valence-electron chi connectivity index (χ0n) is 8.47. The minimum Gasteiger partial charge on any atom is -0.469 e. The van der Waals surface area contributed by atoms with Crippen molar-refractivity contribution in [3.8, 4) is 0 Å². The predicted octanol–water partition coefficient (Wildman–Crippen LogP) is 2.45. The van der Waals surface area contributed by atoms with Crippen molar-refractivity contribution in [1.29, 1.82) is 0 Å². The van der Waals surface area contributed by atoms with E-state index in [9.17, 15) is 17.7 Å². The Balaban J connectivity index is 2.23. The molecule has 0 aliphatic heterocycles. The van der Waals surface area contributed by atoms with E-state index in [0.29, 0.717) is 5.75 Å². The SMILES string of the molecule is COC(=O)CC1(CSC[B-](F)(F)F)CC1. The van der Waals surface area contributed by atoms with E-state index in [1.54, 1.807) is 0 Å². The molecule has 0 aromatic heterocycles. The number of methoxy groups -OCH3 is 1. The first-order valence-corrected chi connectivity index (χ1v) is 5.88. The number of thioether (sulfide) groups is 1. The van der Waals surface area contributed by atoms with Gasteiger partial charge in [0, 0.05) is 0 Å². The molecule has 0 atom stereocenters. The quantitative estimate of drug-likeness (QED) is 0.527. The first-order chi connectivity index (χ1) is 6.87. The lowest BCUT2D eigenvalue weighted by Gasteiger charge is -2.17. The van der Waals surface area contributed by atoms with Gasteiger partial charge in [0.1, 0.15) is 0 Å². The van der Waals surface area contributed by atoms with Gasteiger partial charge in [0.15, 0.2) is 0 Å². The lowest BCUT2D eigenvalue weighted by Crippen LogP contribution is -2.21. The highest BCUT2D eigenvalue weighted by Gasteiger charge is 2.44. The van der Waals surface area contributed by atoms with E-state index < -0.39 is 12.6 Å². The molecule has 0 saturated heterocycles. The van der Waals surface area contributed by atoms with Crippen molar-refractivity contribution < 1.29 is 22.5 Å². The summed E-state index contributed by atoms with van der Waals surface area (Å²) in [6.45, 7) is -4.71. The molecule has 0 unspecified atom stereocenters. The van der Waals surface area contributed by atoms with Gasteiger partial charge in [0.05, 0.1) is 13.5 Å². The number of ether oxygens (including phenoxy) is 1. The van der Waals surface area contributed by atoms with Gasteiger partial charge in [-0.1, -0.05) is 0 Å². The third-order valence-electron chi connectivity index (χ3n) is 2.42. The summed E-state index contributed by atoms with van der Waals surface area (Å²) < 4.78 is 40.3. The number of hydrogen-bond donors (Lipinski definition) is 0. The first kappa shape index (κ1) is 12.7. The predicted molar refractivity (Wildman–Crippen MR) is 54.7 cm³/mol. The average Bonchev–Trinajstić information content (AvgIpc) is 2.83. The van der Waals surface area contributed by atoms with Crippen LogP contribution in [0.5, 0.6) is 0 Å². The molecule has 1 rings (SSSR count). The molecule has 0 N–H and O–H groups in total. The molecule has 0 aromatic carbocycles. The lowest BCUT2D eigenvalue weighted by atomic mass is 9.98. The maximum absolute atomic E-state index is 11.9. The van der Waals surface area contributed by atoms with E-state index >= 15 is 0 Å². The fourth-order valence-electron chi connectivity index (χ4n) is 1.34. The normalized spacial score (nSPS) is 18.7. The van der Waals surface area contributed by atoms with Crippen LogP contribution in [0.1, 0.15) is 19.3 Å². The third kappa shape index (κ3) is 4.82. The van der Waals surface area contributed by atoms with Crippen LogP contribution in [-0.2, 0) is 9.53 Å². The maximum Gasteiger partial charge on any atom is 0.488 e. The summed E-state index contributed by atoms with van der Waals surface area (Å²) >= 11 is 0.877. The Morgan fingerprint density at radius 1 is 1.47 bits per heavy atom. The molecule has 1 aliphatic carbocycles. The van der Waals surface area contributed by atoms with Crippen LogP contribution in [0.25, 0.3) is 0 Å². The van der Waals surface area contributed by atoms with Crippen LogP contribution >= 0.6 is 11.8 Å². The molecule has 0 heterocycles. The van der Waals surface area contributed by atoms with E-state index in [-0.39, 0.29) is 17.8 Å². The Bertz CT molecular complexity index is 241. The van der Waals surface area contributed by atoms with Crippen LogP contribution in [0, 0.1) is 5.41 Å². The summed E-state index contributed by atoms with van der Waals surface area (Å²) in [5, 5.41) is 0. The average molecular weight is 241 g/mol. The Morgan fingerprint density at radius 3 is 2.47 bits per heavy atom. The van der Waals surface area contributed by atoms with Crippen molar-refractivity contribution in [2.75, 3.05) is 18.5 Å². The zero-order chi connectivity index (χ0) is 11.5. The molecular weight excluding hydrogens is 228 g/mol. The maximum atomic E-state index is 11.9. The molecular formula is C8H13BF3O2S-. The Hall–Kier alpha value is -0.325. The summed E-state index contributed by atoms with van der Waals surface area (Å²) in [6.07, 6.45) is 1.92. The Morgan fingerprint density at radius 2 is 2.07 bits per heavy atom. The monoisotopic (exact) mass is 241 g/mol. The number of carbonyl (C=O) groups excluding carboxylic acids is 1. The lowest BCUT2D eigenvalue weighted by molar-refractivity contribution is -0.141. The summed E-state index contributed by atoms with van der Waals surface area (Å²) in [4.78, 5) is 11.0. The zero-order valence-corrected chi connectivity index (χ0v) is 9.29. The fourth-order valence-corrected chi connectivity index (χ4v) is 2.55. The van der Waals surface area contributed by atoms with E-state index in [1.807, 2.05) is 0 Å². The van der Waals surface area contributed by atoms with Gasteiger partial charge in [0.25, 0.3) is 0 Å². The molecule has 0 radical (unpaired) electrons. The van der Waals surface area contributed by atoms with Crippen molar-refractivity contribution in [1.82, 2.24) is 0 Å². The summed E-state index contributed by atoms with van der Waals surface area (Å²) in [5.41, 5.74) is -0.984. The number of halogens is 3. The highest BCUT2D eigenvalue weighted by molar-refractivity contribution is 8.00. The summed E-state index contributed by atoms with van der Waals surface area (Å²) in [7, 11) is 1.30. The molecule has 0 amide bonds. The minimum atomic E-state index is -4.71. The Labute approximate surface area is 91.0 Å². The molecule has 7 heteroatoms. The van der Waals surface area contributed by atoms with E-state index in [4.69, 9.17) is 0 Å². The van der Waals surface area contributed by atoms with Crippen LogP contribution in [0.2, 0.25) is 0 Å². The summed E-state index contributed by atoms with van der Waals surface area (Å²) in [5.74, 6) is 0.0780. The number of esters is 1. The van der Waals surface area contributed by atoms with Crippen molar-refractivity contribution in [2.24, 2.45) is 5.41 Å². The number of carbonyl (C=O) groups is 1. The van der Waals surface area contributed by atoms with Gasteiger partial charge >= 0.3 is 12.9 Å². The van der Waals surface area contributed by atoms with Crippen molar-refractivity contribution in [2.45, 2.75) is 19.3 Å². The van der Waals surface area contributed by atoms with Crippen LogP contribution in [0.3, 0.4) is 0 Å². The van der Waals surface area contributed by atoms with Gasteiger partial charge in [-0.25, -0.2) is 0 Å². The summed E-state index contributed by atoms with van der Waals surface area (Å²) in [6, 6.07) is 0. The Kier molecular flexibility index (Phi) is 3.97. The fraction of sp³-hybridized carbons (Fsp3) is 0.875. The molecule has 1 fully saturated rings. The highest BCUT2D eigenvalue weighted by Crippen LogP contribution is 2.51. The van der Waals surface area contributed by atoms with E-state index in [2.05, 4.69) is 4.74 Å². The number of rotatable bonds is 6. The molecule has 0 aromatic rings. The molecule has 1 saturated carbocycles. The largest absolute Gasteiger partial charge is 0.488 e. The van der Waals surface area contributed by atoms with Gasteiger partial charge < -0.3 is 17.7 Å². The second kappa shape index (κ2) is 4.68. The standard InChI is InChI=1S/C8H13BF3O2S/c1-14-7(13)4-8(2-3-8)5-15-6-9(10,11)12/h2-6H2,1H3/q-1. The highest BCUT2D eigenvalue weighted by atomic mass is 32.2. The van der Waals surface area contributed by atoms with E-state index in [0.717, 1.165) is 24.6 Å². The number of hydrogen-bond acceptors (Lipinski definition) is 3. The molecule has 15 heavy (non-hydrogen) atoms. The second-order valence-corrected chi connectivity index (χ2v) is 5.01. The van der Waals surface area contributed by atoms with Crippen molar-refractivity contribution >= 4 is 24.7 Å². The van der Waals surface area contributed by atoms with Gasteiger partial charge in [0.2, 0.25) is 0 Å². The smallest absolute Gasteiger partial charge is 0.469 e. The topological polar surface area (TPSA) is 26.3 Å². The molecule has 0 spiro atoms. The third-order valence-corrected chi connectivity index (χ3v) is 3.85. The van der Waals surface area contributed by atoms with E-state index in [1.165, 1.54) is 7.11 Å². The van der Waals surface area contributed by atoms with Gasteiger partial charge in [-0.3, -0.25) is 4.79 Å². The first-order valence-electron chi connectivity index (χ1n) is 4.72. The minimum absolute atomic E-state index is 0.209. The molecule has 0 bridgehead atoms. The van der Waals surface area contributed by atoms with Gasteiger partial charge in [-0.2, -0.15) is 11.8 Å². The van der Waals surface area contributed by atoms with Crippen LogP contribution < -0.4 is 0 Å². The van der Waals surface area contributed by atoms with Crippen molar-refractivity contribution in [3.63, 3.8) is 0 Å². The van der Waals surface area contributed by atoms with Crippen LogP contribution in [-0.4, -0.2) is 31.5 Å². The molecule has 1 aliphatic rings. The molecule has 88 valence electrons. The second-order valence-electron chi connectivity index (χ2n) is 3.98. The molecule has 2 nitrogen and oxygen atoms in total. The van der Waals surface area contributed by atoms with Crippen LogP contribution in [0.4, 0.5) is 12.9 Å². The van der Waals surface area contributed by atoms with Gasteiger partial charge in [-0.15, -0.1) is 0 Å².